The van der Waals surface area contributed by atoms with Crippen LogP contribution in [0.1, 0.15) is 42.7 Å². The van der Waals surface area contributed by atoms with Gasteiger partial charge < -0.3 is 25.0 Å². The molecule has 9 nitrogen and oxygen atoms in total. The van der Waals surface area contributed by atoms with E-state index in [0.717, 1.165) is 26.2 Å². The molecule has 0 aliphatic carbocycles. The molecule has 0 unspecified atom stereocenters. The zero-order valence-corrected chi connectivity index (χ0v) is 23.6. The molecule has 208 valence electrons. The third kappa shape index (κ3) is 6.24. The van der Waals surface area contributed by atoms with Gasteiger partial charge in [-0.2, -0.15) is 0 Å². The molecule has 10 heteroatoms. The van der Waals surface area contributed by atoms with Crippen molar-refractivity contribution >= 4 is 39.4 Å². The van der Waals surface area contributed by atoms with Crippen LogP contribution in [0.5, 0.6) is 0 Å². The van der Waals surface area contributed by atoms with Crippen LogP contribution < -0.4 is 5.32 Å². The van der Waals surface area contributed by atoms with E-state index in [2.05, 4.69) is 15.3 Å². The van der Waals surface area contributed by atoms with Gasteiger partial charge in [0.25, 0.3) is 5.91 Å². The molecule has 0 radical (unpaired) electrons. The molecule has 1 aliphatic rings. The Hall–Kier alpha value is -4.02. The Kier molecular flexibility index (Phi) is 7.99. The monoisotopic (exact) mass is 559 g/mol. The summed E-state index contributed by atoms with van der Waals surface area (Å²) in [4.78, 5) is 39.6. The zero-order valence-electron chi connectivity index (χ0n) is 22.8. The third-order valence-electron chi connectivity index (χ3n) is 6.66. The van der Waals surface area contributed by atoms with Crippen molar-refractivity contribution in [1.82, 2.24) is 19.8 Å². The van der Waals surface area contributed by atoms with Crippen molar-refractivity contribution in [2.24, 2.45) is 0 Å². The van der Waals surface area contributed by atoms with E-state index in [0.29, 0.717) is 37.6 Å². The predicted octanol–water partition coefficient (Wildman–Crippen LogP) is 5.20. The molecule has 2 N–H and O–H groups in total. The van der Waals surface area contributed by atoms with Gasteiger partial charge in [-0.3, -0.25) is 4.79 Å². The number of carbonyl (C=O) groups excluding carboxylic acids is 2. The SMILES string of the molecule is CC(C)(C)OC(=O)N1CCN(C(=O)c2ccc(-c3cc4c(N[C@H](CO)c5ccccc5)ncnc4s3)cc2)CC1. The summed E-state index contributed by atoms with van der Waals surface area (Å²) in [5.41, 5.74) is 2.00. The Morgan fingerprint density at radius 1 is 1.00 bits per heavy atom. The van der Waals surface area contributed by atoms with Crippen LogP contribution in [0.2, 0.25) is 0 Å². The minimum Gasteiger partial charge on any atom is -0.444 e. The fourth-order valence-corrected chi connectivity index (χ4v) is 5.58. The quantitative estimate of drug-likeness (QED) is 0.334. The number of aliphatic hydroxyl groups excluding tert-OH is 1. The van der Waals surface area contributed by atoms with E-state index >= 15 is 0 Å². The van der Waals surface area contributed by atoms with Gasteiger partial charge in [-0.1, -0.05) is 42.5 Å². The molecular formula is C30H33N5O4S. The maximum atomic E-state index is 13.1. The summed E-state index contributed by atoms with van der Waals surface area (Å²) in [6, 6.07) is 19.1. The van der Waals surface area contributed by atoms with Crippen LogP contribution in [-0.4, -0.2) is 75.3 Å². The highest BCUT2D eigenvalue weighted by molar-refractivity contribution is 7.21. The van der Waals surface area contributed by atoms with Crippen molar-refractivity contribution in [2.45, 2.75) is 32.4 Å². The van der Waals surface area contributed by atoms with Gasteiger partial charge in [0.05, 0.1) is 18.0 Å². The van der Waals surface area contributed by atoms with Crippen molar-refractivity contribution in [1.29, 1.82) is 0 Å². The van der Waals surface area contributed by atoms with Crippen LogP contribution in [0.15, 0.2) is 67.0 Å². The fourth-order valence-electron chi connectivity index (χ4n) is 4.58. The van der Waals surface area contributed by atoms with Crippen molar-refractivity contribution in [3.63, 3.8) is 0 Å². The summed E-state index contributed by atoms with van der Waals surface area (Å²) in [6.07, 6.45) is 1.18. The summed E-state index contributed by atoms with van der Waals surface area (Å²) < 4.78 is 5.45. The fraction of sp³-hybridized carbons (Fsp3) is 0.333. The first-order valence-electron chi connectivity index (χ1n) is 13.3. The first-order chi connectivity index (χ1) is 19.2. The van der Waals surface area contributed by atoms with Gasteiger partial charge in [0.2, 0.25) is 0 Å². The van der Waals surface area contributed by atoms with E-state index in [4.69, 9.17) is 4.74 Å². The number of ether oxygens (including phenoxy) is 1. The molecule has 4 aromatic rings. The van der Waals surface area contributed by atoms with Crippen molar-refractivity contribution in [2.75, 3.05) is 38.1 Å². The van der Waals surface area contributed by atoms with Crippen LogP contribution in [0.4, 0.5) is 10.6 Å². The Bertz CT molecular complexity index is 1480. The number of nitrogens with one attached hydrogen (secondary N) is 1. The predicted molar refractivity (Wildman–Crippen MR) is 156 cm³/mol. The van der Waals surface area contributed by atoms with E-state index in [1.54, 1.807) is 21.1 Å². The Balaban J connectivity index is 1.26. The molecule has 3 heterocycles. The lowest BCUT2D eigenvalue weighted by atomic mass is 10.1. The van der Waals surface area contributed by atoms with Crippen molar-refractivity contribution < 1.29 is 19.4 Å². The lowest BCUT2D eigenvalue weighted by Gasteiger charge is -2.35. The first kappa shape index (κ1) is 27.5. The molecule has 2 amide bonds. The Morgan fingerprint density at radius 2 is 1.68 bits per heavy atom. The van der Waals surface area contributed by atoms with Crippen LogP contribution in [0.25, 0.3) is 20.7 Å². The number of aliphatic hydroxyl groups is 1. The minimum absolute atomic E-state index is 0.0555. The summed E-state index contributed by atoms with van der Waals surface area (Å²) >= 11 is 1.55. The largest absolute Gasteiger partial charge is 0.444 e. The number of carbonyl (C=O) groups is 2. The summed E-state index contributed by atoms with van der Waals surface area (Å²) in [5, 5.41) is 14.2. The minimum atomic E-state index is -0.547. The number of hydrogen-bond donors (Lipinski definition) is 2. The molecule has 0 spiro atoms. The molecule has 1 saturated heterocycles. The second-order valence-electron chi connectivity index (χ2n) is 10.7. The number of benzene rings is 2. The van der Waals surface area contributed by atoms with Gasteiger partial charge in [-0.05, 0) is 50.1 Å². The van der Waals surface area contributed by atoms with Gasteiger partial charge in [0.1, 0.15) is 22.6 Å². The Labute approximate surface area is 237 Å². The molecule has 0 saturated carbocycles. The van der Waals surface area contributed by atoms with Crippen LogP contribution >= 0.6 is 11.3 Å². The molecular weight excluding hydrogens is 526 g/mol. The van der Waals surface area contributed by atoms with E-state index in [1.807, 2.05) is 81.4 Å². The standard InChI is InChI=1S/C30H33N5O4S/c1-30(2,3)39-29(38)35-15-13-34(14-16-35)28(37)22-11-9-21(10-12-22)25-17-23-26(31-19-32-27(23)40-25)33-24(18-36)20-7-5-4-6-8-20/h4-12,17,19,24,36H,13-16,18H2,1-3H3,(H,31,32,33)/t24-/m1/s1. The molecule has 1 atom stereocenters. The van der Waals surface area contributed by atoms with Crippen LogP contribution in [0, 0.1) is 0 Å². The smallest absolute Gasteiger partial charge is 0.410 e. The van der Waals surface area contributed by atoms with E-state index in [9.17, 15) is 14.7 Å². The number of piperazine rings is 1. The normalized spacial score (nSPS) is 14.7. The lowest BCUT2D eigenvalue weighted by Crippen LogP contribution is -2.51. The number of aromatic nitrogens is 2. The summed E-state index contributed by atoms with van der Waals surface area (Å²) in [5.74, 6) is 0.604. The highest BCUT2D eigenvalue weighted by atomic mass is 32.1. The maximum absolute atomic E-state index is 13.1. The molecule has 2 aromatic heterocycles. The van der Waals surface area contributed by atoms with Gasteiger partial charge in [-0.25, -0.2) is 14.8 Å². The van der Waals surface area contributed by atoms with Crippen LogP contribution in [0.3, 0.4) is 0 Å². The number of hydrogen-bond acceptors (Lipinski definition) is 8. The lowest BCUT2D eigenvalue weighted by molar-refractivity contribution is 0.0141. The average Bonchev–Trinajstić information content (AvgIpc) is 3.40. The van der Waals surface area contributed by atoms with Gasteiger partial charge in [-0.15, -0.1) is 11.3 Å². The van der Waals surface area contributed by atoms with Crippen molar-refractivity contribution in [3.05, 3.63) is 78.1 Å². The van der Waals surface area contributed by atoms with Gasteiger partial charge in [0.15, 0.2) is 0 Å². The van der Waals surface area contributed by atoms with E-state index in [-0.39, 0.29) is 24.6 Å². The van der Waals surface area contributed by atoms with Gasteiger partial charge >= 0.3 is 6.09 Å². The summed E-state index contributed by atoms with van der Waals surface area (Å²) in [7, 11) is 0. The number of rotatable bonds is 6. The number of thiophene rings is 1. The molecule has 1 fully saturated rings. The molecule has 1 aliphatic heterocycles. The zero-order chi connectivity index (χ0) is 28.3. The van der Waals surface area contributed by atoms with E-state index in [1.165, 1.54) is 6.33 Å². The number of nitrogens with zero attached hydrogens (tertiary/aromatic N) is 4. The molecule has 40 heavy (non-hydrogen) atoms. The topological polar surface area (TPSA) is 108 Å². The number of anilines is 1. The first-order valence-corrected chi connectivity index (χ1v) is 14.1. The number of amides is 2. The molecule has 2 aromatic carbocycles. The molecule has 0 bridgehead atoms. The van der Waals surface area contributed by atoms with Crippen LogP contribution in [-0.2, 0) is 4.74 Å². The van der Waals surface area contributed by atoms with E-state index < -0.39 is 5.60 Å². The maximum Gasteiger partial charge on any atom is 0.410 e. The highest BCUT2D eigenvalue weighted by Crippen LogP contribution is 2.36. The Morgan fingerprint density at radius 3 is 2.33 bits per heavy atom. The highest BCUT2D eigenvalue weighted by Gasteiger charge is 2.28. The van der Waals surface area contributed by atoms with Crippen molar-refractivity contribution in [3.8, 4) is 10.4 Å². The summed E-state index contributed by atoms with van der Waals surface area (Å²) in [6.45, 7) is 7.26. The number of fused-ring (bicyclic) bond motifs is 1. The third-order valence-corrected chi connectivity index (χ3v) is 7.75. The molecule has 5 rings (SSSR count). The van der Waals surface area contributed by atoms with Gasteiger partial charge in [0, 0.05) is 36.6 Å². The average molecular weight is 560 g/mol. The second-order valence-corrected chi connectivity index (χ2v) is 11.7. The second kappa shape index (κ2) is 11.6.